The van der Waals surface area contributed by atoms with Gasteiger partial charge in [-0.1, -0.05) is 113 Å². The molecular formula is C35H25BrN2O2. The molecule has 0 bridgehead atoms. The van der Waals surface area contributed by atoms with Gasteiger partial charge in [-0.3, -0.25) is 4.79 Å². The minimum Gasteiger partial charge on any atom is -0.437 e. The first-order valence-electron chi connectivity index (χ1n) is 13.0. The minimum absolute atomic E-state index is 0.0276. The first kappa shape index (κ1) is 25.7. The van der Waals surface area contributed by atoms with Crippen LogP contribution in [0.25, 0.3) is 16.6 Å². The van der Waals surface area contributed by atoms with Gasteiger partial charge in [0.25, 0.3) is 0 Å². The molecule has 4 aromatic carbocycles. The number of allylic oxidation sites excluding steroid dienone is 6. The van der Waals surface area contributed by atoms with E-state index in [1.165, 1.54) is 5.57 Å². The van der Waals surface area contributed by atoms with E-state index in [2.05, 4.69) is 62.3 Å². The second-order valence-electron chi connectivity index (χ2n) is 9.64. The molecule has 0 fully saturated rings. The largest absolute Gasteiger partial charge is 0.437 e. The molecule has 0 saturated heterocycles. The van der Waals surface area contributed by atoms with Crippen molar-refractivity contribution in [3.63, 3.8) is 0 Å². The van der Waals surface area contributed by atoms with Crippen LogP contribution < -0.4 is 4.74 Å². The molecular weight excluding hydrogens is 560 g/mol. The highest BCUT2D eigenvalue weighted by atomic mass is 79.9. The molecule has 1 unspecified atom stereocenters. The molecule has 0 saturated carbocycles. The number of ether oxygens (including phenoxy) is 1. The summed E-state index contributed by atoms with van der Waals surface area (Å²) in [5.41, 5.74) is 5.10. The van der Waals surface area contributed by atoms with Crippen molar-refractivity contribution >= 4 is 38.3 Å². The van der Waals surface area contributed by atoms with Crippen molar-refractivity contribution in [3.05, 3.63) is 161 Å². The third-order valence-electron chi connectivity index (χ3n) is 7.02. The Hall–Kier alpha value is -4.61. The van der Waals surface area contributed by atoms with Gasteiger partial charge in [0.15, 0.2) is 5.78 Å². The fourth-order valence-electron chi connectivity index (χ4n) is 4.95. The fourth-order valence-corrected chi connectivity index (χ4v) is 5.49. The van der Waals surface area contributed by atoms with Crippen LogP contribution in [0.1, 0.15) is 27.9 Å². The van der Waals surface area contributed by atoms with Gasteiger partial charge in [-0.25, -0.2) is 9.97 Å². The summed E-state index contributed by atoms with van der Waals surface area (Å²) in [4.78, 5) is 22.1. The van der Waals surface area contributed by atoms with Gasteiger partial charge < -0.3 is 4.74 Å². The van der Waals surface area contributed by atoms with Crippen LogP contribution in [0.15, 0.2) is 144 Å². The van der Waals surface area contributed by atoms with Crippen LogP contribution >= 0.6 is 15.9 Å². The van der Waals surface area contributed by atoms with Gasteiger partial charge in [0, 0.05) is 15.5 Å². The molecule has 1 atom stereocenters. The molecule has 4 nitrogen and oxygen atoms in total. The Kier molecular flexibility index (Phi) is 7.21. The minimum atomic E-state index is -0.523. The van der Waals surface area contributed by atoms with Crippen LogP contribution in [-0.4, -0.2) is 15.8 Å². The molecule has 194 valence electrons. The van der Waals surface area contributed by atoms with Crippen LogP contribution in [0.4, 0.5) is 0 Å². The van der Waals surface area contributed by atoms with Crippen LogP contribution in [0.5, 0.6) is 11.6 Å². The number of halogens is 1. The molecule has 0 N–H and O–H groups in total. The molecule has 0 radical (unpaired) electrons. The third kappa shape index (κ3) is 5.42. The van der Waals surface area contributed by atoms with Gasteiger partial charge in [-0.15, -0.1) is 0 Å². The second kappa shape index (κ2) is 11.2. The Balaban J connectivity index is 1.32. The zero-order chi connectivity index (χ0) is 27.4. The number of nitrogens with zero attached hydrogens (tertiary/aromatic N) is 2. The number of rotatable bonds is 7. The van der Waals surface area contributed by atoms with E-state index in [9.17, 15) is 4.79 Å². The number of para-hydroxylation sites is 2. The molecule has 1 aliphatic carbocycles. The maximum absolute atomic E-state index is 13.1. The average Bonchev–Trinajstić information content (AvgIpc) is 3.01. The molecule has 6 rings (SSSR count). The fraction of sp³-hybridized carbons (Fsp3) is 0.0571. The van der Waals surface area contributed by atoms with Crippen molar-refractivity contribution in [2.45, 2.75) is 11.8 Å². The molecule has 1 aromatic heterocycles. The summed E-state index contributed by atoms with van der Waals surface area (Å²) in [5.74, 6) is 1.07. The highest BCUT2D eigenvalue weighted by molar-refractivity contribution is 9.10. The smallest absolute Gasteiger partial charge is 0.238 e. The zero-order valence-electron chi connectivity index (χ0n) is 21.6. The van der Waals surface area contributed by atoms with Gasteiger partial charge in [-0.05, 0) is 59.5 Å². The maximum Gasteiger partial charge on any atom is 0.238 e. The van der Waals surface area contributed by atoms with Gasteiger partial charge in [0.05, 0.1) is 17.2 Å². The average molecular weight is 586 g/mol. The SMILES string of the molecule is O=C(/C=C/C1(c2ccc(Oc3cnc4ccccc4n3)cc2)C=CC=C(c2ccccc2Br)C1)c1ccccc1. The molecule has 0 amide bonds. The van der Waals surface area contributed by atoms with Crippen LogP contribution in [0, 0.1) is 0 Å². The Morgan fingerprint density at radius 2 is 1.57 bits per heavy atom. The summed E-state index contributed by atoms with van der Waals surface area (Å²) >= 11 is 3.71. The zero-order valence-corrected chi connectivity index (χ0v) is 23.2. The summed E-state index contributed by atoms with van der Waals surface area (Å²) in [6.45, 7) is 0. The molecule has 5 aromatic rings. The lowest BCUT2D eigenvalue weighted by atomic mass is 9.71. The third-order valence-corrected chi connectivity index (χ3v) is 7.72. The van der Waals surface area contributed by atoms with Crippen LogP contribution in [0.3, 0.4) is 0 Å². The lowest BCUT2D eigenvalue weighted by molar-refractivity contribution is 0.104. The summed E-state index contributed by atoms with van der Waals surface area (Å²) in [5, 5.41) is 0. The van der Waals surface area contributed by atoms with Crippen molar-refractivity contribution in [3.8, 4) is 11.6 Å². The van der Waals surface area contributed by atoms with Gasteiger partial charge in [0.2, 0.25) is 5.88 Å². The number of hydrogen-bond donors (Lipinski definition) is 0. The summed E-state index contributed by atoms with van der Waals surface area (Å²) in [6.07, 6.45) is 12.4. The predicted molar refractivity (Wildman–Crippen MR) is 164 cm³/mol. The summed E-state index contributed by atoms with van der Waals surface area (Å²) in [6, 6.07) is 33.2. The van der Waals surface area contributed by atoms with Crippen molar-refractivity contribution in [2.75, 3.05) is 0 Å². The Labute approximate surface area is 241 Å². The Morgan fingerprint density at radius 3 is 2.38 bits per heavy atom. The highest BCUT2D eigenvalue weighted by Crippen LogP contribution is 2.42. The van der Waals surface area contributed by atoms with Crippen LogP contribution in [0.2, 0.25) is 0 Å². The maximum atomic E-state index is 13.1. The van der Waals surface area contributed by atoms with Crippen molar-refractivity contribution < 1.29 is 9.53 Å². The van der Waals surface area contributed by atoms with E-state index in [1.54, 1.807) is 12.3 Å². The Morgan fingerprint density at radius 1 is 0.850 bits per heavy atom. The quantitative estimate of drug-likeness (QED) is 0.141. The van der Waals surface area contributed by atoms with E-state index < -0.39 is 5.41 Å². The van der Waals surface area contributed by atoms with E-state index in [1.807, 2.05) is 91.0 Å². The first-order chi connectivity index (χ1) is 19.6. The second-order valence-corrected chi connectivity index (χ2v) is 10.5. The molecule has 5 heteroatoms. The lowest BCUT2D eigenvalue weighted by Gasteiger charge is -2.32. The lowest BCUT2D eigenvalue weighted by Crippen LogP contribution is -2.23. The number of aromatic nitrogens is 2. The number of ketones is 1. The van der Waals surface area contributed by atoms with E-state index in [4.69, 9.17) is 4.74 Å². The van der Waals surface area contributed by atoms with Crippen molar-refractivity contribution in [2.24, 2.45) is 0 Å². The summed E-state index contributed by atoms with van der Waals surface area (Å²) in [7, 11) is 0. The highest BCUT2D eigenvalue weighted by Gasteiger charge is 2.31. The molecule has 0 aliphatic heterocycles. The van der Waals surface area contributed by atoms with E-state index in [0.717, 1.165) is 26.6 Å². The first-order valence-corrected chi connectivity index (χ1v) is 13.8. The van der Waals surface area contributed by atoms with Crippen molar-refractivity contribution in [1.29, 1.82) is 0 Å². The number of benzene rings is 4. The Bertz CT molecular complexity index is 1780. The number of fused-ring (bicyclic) bond motifs is 1. The molecule has 1 heterocycles. The van der Waals surface area contributed by atoms with Gasteiger partial charge in [0.1, 0.15) is 5.75 Å². The van der Waals surface area contributed by atoms with Crippen LogP contribution in [-0.2, 0) is 5.41 Å². The van der Waals surface area contributed by atoms with E-state index in [0.29, 0.717) is 23.6 Å². The summed E-state index contributed by atoms with van der Waals surface area (Å²) < 4.78 is 7.08. The number of carbonyl (C=O) groups excluding carboxylic acids is 1. The molecule has 1 aliphatic rings. The predicted octanol–water partition coefficient (Wildman–Crippen LogP) is 8.90. The monoisotopic (exact) mass is 584 g/mol. The van der Waals surface area contributed by atoms with E-state index >= 15 is 0 Å². The molecule has 0 spiro atoms. The molecule has 40 heavy (non-hydrogen) atoms. The normalized spacial score (nSPS) is 16.7. The number of hydrogen-bond acceptors (Lipinski definition) is 4. The van der Waals surface area contributed by atoms with Crippen molar-refractivity contribution in [1.82, 2.24) is 9.97 Å². The number of carbonyl (C=O) groups is 1. The van der Waals surface area contributed by atoms with Gasteiger partial charge in [-0.2, -0.15) is 0 Å². The topological polar surface area (TPSA) is 52.1 Å². The standard InChI is InChI=1S/C35H25BrN2O2/c36-30-13-5-4-12-29(30)26-11-8-21-35(23-26,22-20-33(39)25-9-2-1-3-10-25)27-16-18-28(19-17-27)40-34-24-37-31-14-6-7-15-32(31)38-34/h1-22,24H,23H2/b22-20+. The van der Waals surface area contributed by atoms with Gasteiger partial charge >= 0.3 is 0 Å². The van der Waals surface area contributed by atoms with E-state index in [-0.39, 0.29) is 5.78 Å².